The third-order valence-corrected chi connectivity index (χ3v) is 8.23. The topological polar surface area (TPSA) is 85.2 Å². The summed E-state index contributed by atoms with van der Waals surface area (Å²) in [6, 6.07) is 6.16. The first-order chi connectivity index (χ1) is 14.2. The molecule has 1 aromatic carbocycles. The number of hydrogen-bond donors (Lipinski definition) is 0. The largest absolute Gasteiger partial charge is 0.339 e. The lowest BCUT2D eigenvalue weighted by Crippen LogP contribution is -2.43. The van der Waals surface area contributed by atoms with E-state index in [1.54, 1.807) is 11.9 Å². The molecule has 0 atom stereocenters. The van der Waals surface area contributed by atoms with E-state index in [0.717, 1.165) is 11.1 Å². The smallest absolute Gasteiger partial charge is 0.253 e. The summed E-state index contributed by atoms with van der Waals surface area (Å²) in [5, 5.41) is 6.91. The number of aromatic nitrogens is 3. The van der Waals surface area contributed by atoms with Crippen LogP contribution < -0.4 is 0 Å². The fourth-order valence-electron chi connectivity index (χ4n) is 3.85. The molecule has 0 bridgehead atoms. The Morgan fingerprint density at radius 2 is 1.48 bits per heavy atom. The Kier molecular flexibility index (Phi) is 6.08. The molecule has 3 rings (SSSR count). The first-order valence-corrected chi connectivity index (χ1v) is 12.3. The Bertz CT molecular complexity index is 1030. The zero-order valence-electron chi connectivity index (χ0n) is 19.6. The first kappa shape index (κ1) is 23.4. The SMILES string of the molecule is Cn1cnnc1S(=O)(=O)C1CCN(C(=O)c2cc(C(C)(C)C)cc(C(C)(C)C)c2)CC1. The van der Waals surface area contributed by atoms with E-state index in [9.17, 15) is 13.2 Å². The zero-order valence-corrected chi connectivity index (χ0v) is 20.5. The molecule has 8 heteroatoms. The average molecular weight is 447 g/mol. The summed E-state index contributed by atoms with van der Waals surface area (Å²) >= 11 is 0. The van der Waals surface area contributed by atoms with Crippen LogP contribution in [0.1, 0.15) is 75.9 Å². The number of carbonyl (C=O) groups is 1. The molecule has 0 unspecified atom stereocenters. The van der Waals surface area contributed by atoms with Crippen LogP contribution in [0.15, 0.2) is 29.7 Å². The Balaban J connectivity index is 1.82. The highest BCUT2D eigenvalue weighted by Gasteiger charge is 2.36. The molecule has 1 aliphatic heterocycles. The van der Waals surface area contributed by atoms with Crippen molar-refractivity contribution in [2.75, 3.05) is 13.1 Å². The van der Waals surface area contributed by atoms with Gasteiger partial charge in [0.25, 0.3) is 5.91 Å². The maximum atomic E-state index is 13.3. The third kappa shape index (κ3) is 4.84. The lowest BCUT2D eigenvalue weighted by Gasteiger charge is -2.32. The normalized spacial score (nSPS) is 16.5. The van der Waals surface area contributed by atoms with Crippen molar-refractivity contribution < 1.29 is 13.2 Å². The maximum Gasteiger partial charge on any atom is 0.253 e. The quantitative estimate of drug-likeness (QED) is 0.720. The van der Waals surface area contributed by atoms with Gasteiger partial charge in [0.15, 0.2) is 0 Å². The molecule has 170 valence electrons. The number of aryl methyl sites for hydroxylation is 1. The van der Waals surface area contributed by atoms with Crippen molar-refractivity contribution in [3.63, 3.8) is 0 Å². The van der Waals surface area contributed by atoms with Crippen LogP contribution in [0.3, 0.4) is 0 Å². The fraction of sp³-hybridized carbons (Fsp3) is 0.609. The van der Waals surface area contributed by atoms with Gasteiger partial charge in [-0.3, -0.25) is 4.79 Å². The summed E-state index contributed by atoms with van der Waals surface area (Å²) < 4.78 is 27.2. The number of rotatable bonds is 3. The Morgan fingerprint density at radius 3 is 1.90 bits per heavy atom. The molecule has 2 heterocycles. The predicted molar refractivity (Wildman–Crippen MR) is 121 cm³/mol. The van der Waals surface area contributed by atoms with Crippen molar-refractivity contribution in [3.8, 4) is 0 Å². The van der Waals surface area contributed by atoms with E-state index >= 15 is 0 Å². The molecule has 1 amide bonds. The van der Waals surface area contributed by atoms with E-state index in [4.69, 9.17) is 0 Å². The summed E-state index contributed by atoms with van der Waals surface area (Å²) in [5.41, 5.74) is 2.78. The third-order valence-electron chi connectivity index (χ3n) is 6.00. The minimum atomic E-state index is -3.56. The fourth-order valence-corrected chi connectivity index (χ4v) is 5.59. The number of sulfone groups is 1. The van der Waals surface area contributed by atoms with Crippen molar-refractivity contribution in [1.29, 1.82) is 0 Å². The minimum absolute atomic E-state index is 0.00928. The van der Waals surface area contributed by atoms with Gasteiger partial charge in [-0.1, -0.05) is 47.6 Å². The number of amides is 1. The summed E-state index contributed by atoms with van der Waals surface area (Å²) in [4.78, 5) is 15.1. The molecule has 1 aromatic heterocycles. The molecular formula is C23H34N4O3S. The van der Waals surface area contributed by atoms with Crippen LogP contribution in [0.5, 0.6) is 0 Å². The lowest BCUT2D eigenvalue weighted by molar-refractivity contribution is 0.0725. The van der Waals surface area contributed by atoms with Gasteiger partial charge in [0, 0.05) is 25.7 Å². The van der Waals surface area contributed by atoms with Gasteiger partial charge >= 0.3 is 0 Å². The molecule has 0 N–H and O–H groups in total. The lowest BCUT2D eigenvalue weighted by atomic mass is 9.79. The van der Waals surface area contributed by atoms with Gasteiger partial charge in [0.05, 0.1) is 5.25 Å². The molecule has 0 saturated carbocycles. The van der Waals surface area contributed by atoms with Crippen LogP contribution in [0.2, 0.25) is 0 Å². The van der Waals surface area contributed by atoms with Gasteiger partial charge in [-0.05, 0) is 46.9 Å². The molecule has 1 fully saturated rings. The highest BCUT2D eigenvalue weighted by Crippen LogP contribution is 2.31. The molecule has 2 aromatic rings. The van der Waals surface area contributed by atoms with Crippen molar-refractivity contribution in [2.45, 2.75) is 75.6 Å². The van der Waals surface area contributed by atoms with E-state index in [-0.39, 0.29) is 21.9 Å². The van der Waals surface area contributed by atoms with Gasteiger partial charge < -0.3 is 9.47 Å². The Labute approximate surface area is 185 Å². The molecular weight excluding hydrogens is 412 g/mol. The number of hydrogen-bond acceptors (Lipinski definition) is 5. The van der Waals surface area contributed by atoms with Crippen LogP contribution >= 0.6 is 0 Å². The standard InChI is InChI=1S/C23H34N4O3S/c1-22(2,3)17-12-16(13-18(14-17)23(4,5)6)20(28)27-10-8-19(9-11-27)31(29,30)21-25-24-15-26(21)7/h12-15,19H,8-11H2,1-7H3. The van der Waals surface area contributed by atoms with E-state index in [1.165, 1.54) is 10.9 Å². The van der Waals surface area contributed by atoms with Gasteiger partial charge in [0.2, 0.25) is 15.0 Å². The van der Waals surface area contributed by atoms with E-state index < -0.39 is 15.1 Å². The number of piperidine rings is 1. The maximum absolute atomic E-state index is 13.3. The monoisotopic (exact) mass is 446 g/mol. The summed E-state index contributed by atoms with van der Waals surface area (Å²) in [7, 11) is -1.94. The Hall–Kier alpha value is -2.22. The second-order valence-electron chi connectivity index (χ2n) is 10.6. The second kappa shape index (κ2) is 8.04. The highest BCUT2D eigenvalue weighted by atomic mass is 32.2. The molecule has 1 saturated heterocycles. The van der Waals surface area contributed by atoms with Gasteiger partial charge in [0.1, 0.15) is 6.33 Å². The van der Waals surface area contributed by atoms with Crippen LogP contribution in [-0.2, 0) is 27.7 Å². The van der Waals surface area contributed by atoms with Gasteiger partial charge in [-0.15, -0.1) is 10.2 Å². The van der Waals surface area contributed by atoms with E-state index in [2.05, 4.69) is 57.8 Å². The van der Waals surface area contributed by atoms with Gasteiger partial charge in [-0.2, -0.15) is 0 Å². The number of benzene rings is 1. The van der Waals surface area contributed by atoms with Crippen molar-refractivity contribution >= 4 is 15.7 Å². The molecule has 0 spiro atoms. The number of nitrogens with zero attached hydrogens (tertiary/aromatic N) is 4. The average Bonchev–Trinajstić information content (AvgIpc) is 3.12. The first-order valence-electron chi connectivity index (χ1n) is 10.7. The molecule has 31 heavy (non-hydrogen) atoms. The molecule has 0 radical (unpaired) electrons. The molecule has 7 nitrogen and oxygen atoms in total. The van der Waals surface area contributed by atoms with Crippen LogP contribution in [0.25, 0.3) is 0 Å². The van der Waals surface area contributed by atoms with E-state index in [1.807, 2.05) is 12.1 Å². The van der Waals surface area contributed by atoms with Crippen LogP contribution in [0.4, 0.5) is 0 Å². The highest BCUT2D eigenvalue weighted by molar-refractivity contribution is 7.91. The minimum Gasteiger partial charge on any atom is -0.339 e. The van der Waals surface area contributed by atoms with Crippen molar-refractivity contribution in [2.24, 2.45) is 7.05 Å². The molecule has 1 aliphatic rings. The number of carbonyl (C=O) groups excluding carboxylic acids is 1. The summed E-state index contributed by atoms with van der Waals surface area (Å²) in [5.74, 6) is -0.0360. The van der Waals surface area contributed by atoms with Crippen LogP contribution in [-0.4, -0.2) is 52.3 Å². The second-order valence-corrected chi connectivity index (χ2v) is 12.7. The van der Waals surface area contributed by atoms with Crippen molar-refractivity contribution in [3.05, 3.63) is 41.2 Å². The van der Waals surface area contributed by atoms with E-state index in [0.29, 0.717) is 31.5 Å². The predicted octanol–water partition coefficient (Wildman–Crippen LogP) is 3.49. The van der Waals surface area contributed by atoms with Gasteiger partial charge in [-0.25, -0.2) is 8.42 Å². The molecule has 0 aliphatic carbocycles. The number of likely N-dealkylation sites (tertiary alicyclic amines) is 1. The summed E-state index contributed by atoms with van der Waals surface area (Å²) in [6.07, 6.45) is 2.18. The van der Waals surface area contributed by atoms with Crippen molar-refractivity contribution in [1.82, 2.24) is 19.7 Å². The zero-order chi connectivity index (χ0) is 23.2. The Morgan fingerprint density at radius 1 is 0.968 bits per heavy atom. The van der Waals surface area contributed by atoms with Crippen LogP contribution in [0, 0.1) is 0 Å². The summed E-state index contributed by atoms with van der Waals surface area (Å²) in [6.45, 7) is 13.7.